The highest BCUT2D eigenvalue weighted by Crippen LogP contribution is 2.13. The van der Waals surface area contributed by atoms with Gasteiger partial charge in [-0.2, -0.15) is 0 Å². The first-order chi connectivity index (χ1) is 6.37. The molecule has 14 heavy (non-hydrogen) atoms. The largest absolute Gasteiger partial charge is 0.363 e. The predicted octanol–water partition coefficient (Wildman–Crippen LogP) is 2.64. The maximum atomic E-state index is 5.27. The summed E-state index contributed by atoms with van der Waals surface area (Å²) >= 11 is 5.27. The Morgan fingerprint density at radius 1 is 1.36 bits per heavy atom. The molecular formula is C11H24N2S. The molecule has 0 aliphatic carbocycles. The van der Waals surface area contributed by atoms with E-state index in [2.05, 4.69) is 37.9 Å². The molecule has 0 bridgehead atoms. The number of nitrogens with zero attached hydrogens (tertiary/aromatic N) is 1. The van der Waals surface area contributed by atoms with Crippen LogP contribution in [0, 0.1) is 5.41 Å². The summed E-state index contributed by atoms with van der Waals surface area (Å²) in [5, 5.41) is 4.13. The molecule has 0 aliphatic heterocycles. The second kappa shape index (κ2) is 6.23. The monoisotopic (exact) mass is 216 g/mol. The molecule has 0 rings (SSSR count). The Morgan fingerprint density at radius 2 is 1.93 bits per heavy atom. The second-order valence-electron chi connectivity index (χ2n) is 5.00. The van der Waals surface area contributed by atoms with Crippen molar-refractivity contribution in [2.75, 3.05) is 20.1 Å². The van der Waals surface area contributed by atoms with Gasteiger partial charge in [0.2, 0.25) is 0 Å². The smallest absolute Gasteiger partial charge is 0.168 e. The van der Waals surface area contributed by atoms with Gasteiger partial charge in [-0.3, -0.25) is 0 Å². The third kappa shape index (κ3) is 7.13. The van der Waals surface area contributed by atoms with E-state index in [4.69, 9.17) is 12.2 Å². The van der Waals surface area contributed by atoms with Crippen LogP contribution in [0.1, 0.15) is 40.5 Å². The Hall–Kier alpha value is -0.310. The van der Waals surface area contributed by atoms with Crippen LogP contribution in [0.2, 0.25) is 0 Å². The minimum atomic E-state index is 0.297. The molecule has 0 aromatic rings. The van der Waals surface area contributed by atoms with Gasteiger partial charge in [-0.1, -0.05) is 34.1 Å². The van der Waals surface area contributed by atoms with E-state index in [1.165, 1.54) is 12.8 Å². The lowest BCUT2D eigenvalue weighted by Gasteiger charge is -2.28. The number of unbranched alkanes of at least 4 members (excludes halogenated alkanes) is 1. The minimum Gasteiger partial charge on any atom is -0.363 e. The fourth-order valence-electron chi connectivity index (χ4n) is 1.29. The van der Waals surface area contributed by atoms with E-state index in [1.807, 2.05) is 7.05 Å². The van der Waals surface area contributed by atoms with E-state index < -0.39 is 0 Å². The summed E-state index contributed by atoms with van der Waals surface area (Å²) in [5.41, 5.74) is 0.297. The van der Waals surface area contributed by atoms with Crippen molar-refractivity contribution in [3.8, 4) is 0 Å². The maximum absolute atomic E-state index is 5.27. The highest BCUT2D eigenvalue weighted by molar-refractivity contribution is 7.80. The van der Waals surface area contributed by atoms with Gasteiger partial charge in [0, 0.05) is 20.1 Å². The predicted molar refractivity (Wildman–Crippen MR) is 67.6 cm³/mol. The lowest BCUT2D eigenvalue weighted by atomic mass is 9.96. The van der Waals surface area contributed by atoms with Crippen LogP contribution in [0.25, 0.3) is 0 Å². The van der Waals surface area contributed by atoms with E-state index >= 15 is 0 Å². The molecule has 0 saturated carbocycles. The molecule has 0 saturated heterocycles. The van der Waals surface area contributed by atoms with Gasteiger partial charge in [0.05, 0.1) is 0 Å². The van der Waals surface area contributed by atoms with Crippen molar-refractivity contribution in [2.45, 2.75) is 40.5 Å². The van der Waals surface area contributed by atoms with Crippen molar-refractivity contribution < 1.29 is 0 Å². The van der Waals surface area contributed by atoms with Gasteiger partial charge in [-0.15, -0.1) is 0 Å². The second-order valence-corrected chi connectivity index (χ2v) is 5.39. The lowest BCUT2D eigenvalue weighted by molar-refractivity contribution is 0.304. The van der Waals surface area contributed by atoms with Crippen molar-refractivity contribution in [3.63, 3.8) is 0 Å². The molecule has 3 heteroatoms. The van der Waals surface area contributed by atoms with Crippen molar-refractivity contribution in [1.29, 1.82) is 0 Å². The van der Waals surface area contributed by atoms with Crippen LogP contribution >= 0.6 is 12.2 Å². The van der Waals surface area contributed by atoms with Gasteiger partial charge in [0.1, 0.15) is 0 Å². The van der Waals surface area contributed by atoms with Crippen molar-refractivity contribution >= 4 is 17.3 Å². The summed E-state index contributed by atoms with van der Waals surface area (Å²) in [4.78, 5) is 2.12. The van der Waals surface area contributed by atoms with Crippen molar-refractivity contribution in [3.05, 3.63) is 0 Å². The number of hydrogen-bond donors (Lipinski definition) is 1. The summed E-state index contributed by atoms with van der Waals surface area (Å²) < 4.78 is 0. The molecule has 0 heterocycles. The molecule has 0 fully saturated rings. The van der Waals surface area contributed by atoms with E-state index in [-0.39, 0.29) is 0 Å². The zero-order valence-electron chi connectivity index (χ0n) is 10.2. The first kappa shape index (κ1) is 13.7. The standard InChI is InChI=1S/C11H24N2S/c1-6-7-8-12-10(14)13(5)9-11(2,3)4/h6-9H2,1-5H3,(H,12,14). The first-order valence-electron chi connectivity index (χ1n) is 5.36. The average molecular weight is 216 g/mol. The Morgan fingerprint density at radius 3 is 2.36 bits per heavy atom. The fraction of sp³-hybridized carbons (Fsp3) is 0.909. The summed E-state index contributed by atoms with van der Waals surface area (Å²) in [6.45, 7) is 10.8. The first-order valence-corrected chi connectivity index (χ1v) is 5.76. The molecule has 0 radical (unpaired) electrons. The van der Waals surface area contributed by atoms with Crippen molar-refractivity contribution in [2.24, 2.45) is 5.41 Å². The SMILES string of the molecule is CCCCNC(=S)N(C)CC(C)(C)C. The topological polar surface area (TPSA) is 15.3 Å². The number of nitrogens with one attached hydrogen (secondary N) is 1. The molecule has 0 aromatic carbocycles. The quantitative estimate of drug-likeness (QED) is 0.574. The van der Waals surface area contributed by atoms with Crippen molar-refractivity contribution in [1.82, 2.24) is 10.2 Å². The van der Waals surface area contributed by atoms with E-state index in [9.17, 15) is 0 Å². The van der Waals surface area contributed by atoms with Gasteiger partial charge in [0.15, 0.2) is 5.11 Å². The Labute approximate surface area is 94.1 Å². The lowest BCUT2D eigenvalue weighted by Crippen LogP contribution is -2.41. The zero-order valence-corrected chi connectivity index (χ0v) is 11.0. The summed E-state index contributed by atoms with van der Waals surface area (Å²) in [7, 11) is 2.05. The maximum Gasteiger partial charge on any atom is 0.168 e. The number of hydrogen-bond acceptors (Lipinski definition) is 1. The molecule has 84 valence electrons. The van der Waals surface area contributed by atoms with Crippen LogP contribution < -0.4 is 5.32 Å². The van der Waals surface area contributed by atoms with Gasteiger partial charge >= 0.3 is 0 Å². The van der Waals surface area contributed by atoms with Gasteiger partial charge in [0.25, 0.3) is 0 Å². The molecule has 0 atom stereocenters. The van der Waals surface area contributed by atoms with Gasteiger partial charge in [-0.25, -0.2) is 0 Å². The molecule has 0 spiro atoms. The molecule has 0 amide bonds. The minimum absolute atomic E-state index is 0.297. The Kier molecular flexibility index (Phi) is 6.09. The van der Waals surface area contributed by atoms with Crippen LogP contribution in [0.4, 0.5) is 0 Å². The molecule has 0 aromatic heterocycles. The van der Waals surface area contributed by atoms with Crippen LogP contribution in [-0.2, 0) is 0 Å². The number of rotatable bonds is 4. The van der Waals surface area contributed by atoms with Gasteiger partial charge in [-0.05, 0) is 24.1 Å². The van der Waals surface area contributed by atoms with Gasteiger partial charge < -0.3 is 10.2 Å². The molecular weight excluding hydrogens is 192 g/mol. The molecule has 0 unspecified atom stereocenters. The Bertz CT molecular complexity index is 173. The molecule has 2 nitrogen and oxygen atoms in total. The highest BCUT2D eigenvalue weighted by atomic mass is 32.1. The fourth-order valence-corrected chi connectivity index (χ4v) is 1.46. The van der Waals surface area contributed by atoms with Crippen LogP contribution in [0.3, 0.4) is 0 Å². The highest BCUT2D eigenvalue weighted by Gasteiger charge is 2.14. The molecule has 1 N–H and O–H groups in total. The van der Waals surface area contributed by atoms with E-state index in [1.54, 1.807) is 0 Å². The van der Waals surface area contributed by atoms with Crippen LogP contribution in [0.15, 0.2) is 0 Å². The Balaban J connectivity index is 3.77. The third-order valence-electron chi connectivity index (χ3n) is 1.86. The van der Waals surface area contributed by atoms with E-state index in [0.29, 0.717) is 5.41 Å². The zero-order chi connectivity index (χ0) is 11.2. The normalized spacial score (nSPS) is 11.2. The third-order valence-corrected chi connectivity index (χ3v) is 2.32. The molecule has 0 aliphatic rings. The summed E-state index contributed by atoms with van der Waals surface area (Å²) in [6.07, 6.45) is 2.39. The van der Waals surface area contributed by atoms with Crippen LogP contribution in [-0.4, -0.2) is 30.1 Å². The average Bonchev–Trinajstić information content (AvgIpc) is 2.01. The van der Waals surface area contributed by atoms with E-state index in [0.717, 1.165) is 18.2 Å². The summed E-state index contributed by atoms with van der Waals surface area (Å²) in [5.74, 6) is 0. The van der Waals surface area contributed by atoms with Crippen LogP contribution in [0.5, 0.6) is 0 Å². The number of thiocarbonyl (C=S) groups is 1. The summed E-state index contributed by atoms with van der Waals surface area (Å²) in [6, 6.07) is 0.